The van der Waals surface area contributed by atoms with Crippen LogP contribution in [0.5, 0.6) is 0 Å². The first kappa shape index (κ1) is 8.62. The molecule has 2 aromatic rings. The third-order valence-electron chi connectivity index (χ3n) is 2.04. The number of rotatable bonds is 1. The van der Waals surface area contributed by atoms with E-state index in [2.05, 4.69) is 15.6 Å². The number of urea groups is 1. The summed E-state index contributed by atoms with van der Waals surface area (Å²) in [6.45, 7) is 0. The summed E-state index contributed by atoms with van der Waals surface area (Å²) in [5, 5.41) is 6.33. The molecule has 72 valence electrons. The largest absolute Gasteiger partial charge is 0.361 e. The molecule has 0 aliphatic rings. The third-order valence-corrected chi connectivity index (χ3v) is 2.04. The first-order valence-corrected chi connectivity index (χ1v) is 4.35. The van der Waals surface area contributed by atoms with E-state index in [0.29, 0.717) is 0 Å². The van der Waals surface area contributed by atoms with Crippen LogP contribution >= 0.6 is 0 Å². The molecule has 0 aliphatic heterocycles. The predicted octanol–water partition coefficient (Wildman–Crippen LogP) is 1.92. The predicted molar refractivity (Wildman–Crippen MR) is 56.4 cm³/mol. The Morgan fingerprint density at radius 1 is 1.36 bits per heavy atom. The molecule has 1 heterocycles. The minimum atomic E-state index is -0.212. The molecule has 0 saturated heterocycles. The van der Waals surface area contributed by atoms with E-state index in [0.717, 1.165) is 16.6 Å². The molecule has 1 aromatic heterocycles. The molecule has 0 unspecified atom stereocenters. The van der Waals surface area contributed by atoms with Gasteiger partial charge in [-0.3, -0.25) is 0 Å². The van der Waals surface area contributed by atoms with Gasteiger partial charge < -0.3 is 15.6 Å². The quantitative estimate of drug-likeness (QED) is 0.630. The number of benzene rings is 1. The van der Waals surface area contributed by atoms with Crippen molar-refractivity contribution >= 4 is 22.6 Å². The van der Waals surface area contributed by atoms with Crippen molar-refractivity contribution in [3.8, 4) is 0 Å². The van der Waals surface area contributed by atoms with Gasteiger partial charge in [-0.1, -0.05) is 6.07 Å². The molecule has 0 saturated carbocycles. The summed E-state index contributed by atoms with van der Waals surface area (Å²) in [4.78, 5) is 14.1. The lowest BCUT2D eigenvalue weighted by Crippen LogP contribution is -2.24. The molecule has 0 atom stereocenters. The van der Waals surface area contributed by atoms with Crippen molar-refractivity contribution in [1.82, 2.24) is 10.3 Å². The number of fused-ring (bicyclic) bond motifs is 1. The van der Waals surface area contributed by atoms with Gasteiger partial charge in [0.15, 0.2) is 0 Å². The Morgan fingerprint density at radius 2 is 2.21 bits per heavy atom. The van der Waals surface area contributed by atoms with Gasteiger partial charge in [0, 0.05) is 24.4 Å². The van der Waals surface area contributed by atoms with Crippen LogP contribution in [0.4, 0.5) is 10.5 Å². The SMILES string of the molecule is CNC(=O)Nc1ccc2cc[nH]c2c1. The zero-order valence-corrected chi connectivity index (χ0v) is 7.79. The van der Waals surface area contributed by atoms with Gasteiger partial charge in [-0.2, -0.15) is 0 Å². The van der Waals surface area contributed by atoms with Crippen LogP contribution in [0.2, 0.25) is 0 Å². The van der Waals surface area contributed by atoms with Crippen molar-refractivity contribution in [1.29, 1.82) is 0 Å². The first-order valence-electron chi connectivity index (χ1n) is 4.35. The average Bonchev–Trinajstić information content (AvgIpc) is 2.64. The van der Waals surface area contributed by atoms with E-state index in [1.54, 1.807) is 7.05 Å². The van der Waals surface area contributed by atoms with Crippen LogP contribution in [0.1, 0.15) is 0 Å². The summed E-state index contributed by atoms with van der Waals surface area (Å²) in [6.07, 6.45) is 1.87. The molecule has 0 aliphatic carbocycles. The first-order chi connectivity index (χ1) is 6.79. The van der Waals surface area contributed by atoms with Gasteiger partial charge in [-0.15, -0.1) is 0 Å². The number of aromatic nitrogens is 1. The Kier molecular flexibility index (Phi) is 2.10. The van der Waals surface area contributed by atoms with E-state index in [9.17, 15) is 4.79 Å². The molecule has 0 radical (unpaired) electrons. The van der Waals surface area contributed by atoms with Gasteiger partial charge in [-0.25, -0.2) is 4.79 Å². The monoisotopic (exact) mass is 189 g/mol. The number of nitrogens with one attached hydrogen (secondary N) is 3. The van der Waals surface area contributed by atoms with E-state index < -0.39 is 0 Å². The molecule has 0 bridgehead atoms. The molecule has 2 amide bonds. The average molecular weight is 189 g/mol. The van der Waals surface area contributed by atoms with E-state index >= 15 is 0 Å². The fraction of sp³-hybridized carbons (Fsp3) is 0.100. The summed E-state index contributed by atoms with van der Waals surface area (Å²) < 4.78 is 0. The van der Waals surface area contributed by atoms with Crippen LogP contribution in [-0.4, -0.2) is 18.1 Å². The second-order valence-electron chi connectivity index (χ2n) is 2.98. The summed E-state index contributed by atoms with van der Waals surface area (Å²) in [6, 6.07) is 7.49. The van der Waals surface area contributed by atoms with Gasteiger partial charge in [0.1, 0.15) is 0 Å². The summed E-state index contributed by atoms with van der Waals surface area (Å²) >= 11 is 0. The van der Waals surface area contributed by atoms with Crippen molar-refractivity contribution in [3.63, 3.8) is 0 Å². The van der Waals surface area contributed by atoms with E-state index in [-0.39, 0.29) is 6.03 Å². The highest BCUT2D eigenvalue weighted by Gasteiger charge is 1.99. The van der Waals surface area contributed by atoms with Gasteiger partial charge in [-0.05, 0) is 23.6 Å². The van der Waals surface area contributed by atoms with Crippen molar-refractivity contribution in [3.05, 3.63) is 30.5 Å². The Balaban J connectivity index is 2.30. The number of H-pyrrole nitrogens is 1. The summed E-state index contributed by atoms with van der Waals surface area (Å²) in [5.74, 6) is 0. The highest BCUT2D eigenvalue weighted by molar-refractivity contribution is 5.92. The van der Waals surface area contributed by atoms with Crippen LogP contribution in [0.3, 0.4) is 0 Å². The summed E-state index contributed by atoms with van der Waals surface area (Å²) in [5.41, 5.74) is 1.79. The van der Waals surface area contributed by atoms with Crippen LogP contribution in [-0.2, 0) is 0 Å². The number of carbonyl (C=O) groups excluding carboxylic acids is 1. The summed E-state index contributed by atoms with van der Waals surface area (Å²) in [7, 11) is 1.59. The van der Waals surface area contributed by atoms with Crippen molar-refractivity contribution < 1.29 is 4.79 Å². The zero-order valence-electron chi connectivity index (χ0n) is 7.79. The maximum Gasteiger partial charge on any atom is 0.318 e. The van der Waals surface area contributed by atoms with E-state index in [1.807, 2.05) is 30.5 Å². The Bertz CT molecular complexity index is 461. The second-order valence-corrected chi connectivity index (χ2v) is 2.98. The zero-order chi connectivity index (χ0) is 9.97. The number of carbonyl (C=O) groups is 1. The van der Waals surface area contributed by atoms with E-state index in [4.69, 9.17) is 0 Å². The molecule has 1 aromatic carbocycles. The van der Waals surface area contributed by atoms with Crippen molar-refractivity contribution in [2.75, 3.05) is 12.4 Å². The standard InChI is InChI=1S/C10H11N3O/c1-11-10(14)13-8-3-2-7-4-5-12-9(7)6-8/h2-6,12H,1H3,(H2,11,13,14). The molecule has 2 rings (SSSR count). The maximum atomic E-state index is 11.0. The van der Waals surface area contributed by atoms with Gasteiger partial charge in [0.25, 0.3) is 0 Å². The Hall–Kier alpha value is -1.97. The fourth-order valence-electron chi connectivity index (χ4n) is 1.32. The fourth-order valence-corrected chi connectivity index (χ4v) is 1.32. The van der Waals surface area contributed by atoms with Crippen LogP contribution in [0.25, 0.3) is 10.9 Å². The highest BCUT2D eigenvalue weighted by atomic mass is 16.2. The van der Waals surface area contributed by atoms with Crippen molar-refractivity contribution in [2.24, 2.45) is 0 Å². The smallest absolute Gasteiger partial charge is 0.318 e. The van der Waals surface area contributed by atoms with Gasteiger partial charge in [0.2, 0.25) is 0 Å². The normalized spacial score (nSPS) is 10.1. The van der Waals surface area contributed by atoms with E-state index in [1.165, 1.54) is 0 Å². The number of hydrogen-bond acceptors (Lipinski definition) is 1. The number of aromatic amines is 1. The molecule has 3 N–H and O–H groups in total. The number of anilines is 1. The minimum Gasteiger partial charge on any atom is -0.361 e. The van der Waals surface area contributed by atoms with Gasteiger partial charge in [0.05, 0.1) is 0 Å². The molecule has 4 heteroatoms. The Morgan fingerprint density at radius 3 is 3.00 bits per heavy atom. The van der Waals surface area contributed by atoms with Crippen LogP contribution in [0, 0.1) is 0 Å². The topological polar surface area (TPSA) is 56.9 Å². The molecule has 0 spiro atoms. The lowest BCUT2D eigenvalue weighted by atomic mass is 10.2. The lowest BCUT2D eigenvalue weighted by molar-refractivity contribution is 0.254. The molecule has 4 nitrogen and oxygen atoms in total. The lowest BCUT2D eigenvalue weighted by Gasteiger charge is -2.03. The molecular formula is C10H11N3O. The van der Waals surface area contributed by atoms with Gasteiger partial charge >= 0.3 is 6.03 Å². The van der Waals surface area contributed by atoms with Crippen LogP contribution < -0.4 is 10.6 Å². The van der Waals surface area contributed by atoms with Crippen molar-refractivity contribution in [2.45, 2.75) is 0 Å². The highest BCUT2D eigenvalue weighted by Crippen LogP contribution is 2.17. The molecule has 14 heavy (non-hydrogen) atoms. The third kappa shape index (κ3) is 1.54. The molecule has 0 fully saturated rings. The molecular weight excluding hydrogens is 178 g/mol. The van der Waals surface area contributed by atoms with Crippen LogP contribution in [0.15, 0.2) is 30.5 Å². The Labute approximate surface area is 81.3 Å². The number of amides is 2. The number of hydrogen-bond donors (Lipinski definition) is 3. The minimum absolute atomic E-state index is 0.212. The maximum absolute atomic E-state index is 11.0. The second kappa shape index (κ2) is 3.41.